The standard InChI is InChI=1S/C16H22N2S2/c1-16(2,3)13-9-8-12(19-13)14(17)15-18-10-6-4-5-7-11(10)20-15/h8-9,14H,4-7,17H2,1-3H3. The van der Waals surface area contributed by atoms with Gasteiger partial charge in [0.2, 0.25) is 0 Å². The van der Waals surface area contributed by atoms with E-state index in [0.717, 1.165) is 11.4 Å². The van der Waals surface area contributed by atoms with Crippen LogP contribution in [0.25, 0.3) is 0 Å². The molecule has 3 rings (SSSR count). The molecule has 20 heavy (non-hydrogen) atoms. The van der Waals surface area contributed by atoms with Crippen molar-refractivity contribution >= 4 is 22.7 Å². The zero-order valence-electron chi connectivity index (χ0n) is 12.4. The van der Waals surface area contributed by atoms with E-state index in [9.17, 15) is 0 Å². The third-order valence-corrected chi connectivity index (χ3v) is 6.64. The van der Waals surface area contributed by atoms with Crippen molar-refractivity contribution in [1.29, 1.82) is 0 Å². The van der Waals surface area contributed by atoms with Gasteiger partial charge in [0.05, 0.1) is 11.7 Å². The second-order valence-electron chi connectivity index (χ2n) is 6.56. The summed E-state index contributed by atoms with van der Waals surface area (Å²) in [5.74, 6) is 0. The summed E-state index contributed by atoms with van der Waals surface area (Å²) in [4.78, 5) is 8.90. The number of hydrogen-bond donors (Lipinski definition) is 1. The van der Waals surface area contributed by atoms with Crippen molar-refractivity contribution < 1.29 is 0 Å². The third kappa shape index (κ3) is 2.69. The Balaban J connectivity index is 1.86. The minimum Gasteiger partial charge on any atom is -0.318 e. The summed E-state index contributed by atoms with van der Waals surface area (Å²) in [5, 5.41) is 1.10. The molecule has 0 spiro atoms. The van der Waals surface area contributed by atoms with Crippen LogP contribution in [-0.2, 0) is 18.3 Å². The molecule has 1 unspecified atom stereocenters. The molecular weight excluding hydrogens is 284 g/mol. The lowest BCUT2D eigenvalue weighted by molar-refractivity contribution is 0.604. The fraction of sp³-hybridized carbons (Fsp3) is 0.562. The van der Waals surface area contributed by atoms with Crippen LogP contribution in [-0.4, -0.2) is 4.98 Å². The van der Waals surface area contributed by atoms with E-state index in [0.29, 0.717) is 0 Å². The number of nitrogens with two attached hydrogens (primary N) is 1. The molecule has 0 aromatic carbocycles. The number of aryl methyl sites for hydroxylation is 2. The number of hydrogen-bond acceptors (Lipinski definition) is 4. The van der Waals surface area contributed by atoms with Gasteiger partial charge in [-0.3, -0.25) is 0 Å². The van der Waals surface area contributed by atoms with Crippen molar-refractivity contribution in [3.05, 3.63) is 37.5 Å². The predicted molar refractivity (Wildman–Crippen MR) is 87.8 cm³/mol. The van der Waals surface area contributed by atoms with E-state index in [1.165, 1.54) is 39.6 Å². The van der Waals surface area contributed by atoms with Crippen LogP contribution in [0.5, 0.6) is 0 Å². The highest BCUT2D eigenvalue weighted by Gasteiger charge is 2.23. The molecule has 0 saturated heterocycles. The summed E-state index contributed by atoms with van der Waals surface area (Å²) < 4.78 is 0. The first-order valence-electron chi connectivity index (χ1n) is 7.29. The number of nitrogens with zero attached hydrogens (tertiary/aromatic N) is 1. The fourth-order valence-electron chi connectivity index (χ4n) is 2.55. The molecule has 2 aromatic rings. The van der Waals surface area contributed by atoms with Gasteiger partial charge in [0.1, 0.15) is 5.01 Å². The number of rotatable bonds is 2. The average molecular weight is 306 g/mol. The lowest BCUT2D eigenvalue weighted by atomic mass is 9.95. The zero-order chi connectivity index (χ0) is 14.3. The van der Waals surface area contributed by atoms with Crippen LogP contribution >= 0.6 is 22.7 Å². The molecule has 0 bridgehead atoms. The Bertz CT molecular complexity index is 581. The topological polar surface area (TPSA) is 38.9 Å². The van der Waals surface area contributed by atoms with E-state index in [-0.39, 0.29) is 11.5 Å². The molecule has 2 N–H and O–H groups in total. The van der Waals surface area contributed by atoms with E-state index in [1.807, 2.05) is 22.7 Å². The van der Waals surface area contributed by atoms with E-state index >= 15 is 0 Å². The maximum Gasteiger partial charge on any atom is 0.115 e. The van der Waals surface area contributed by atoms with Gasteiger partial charge >= 0.3 is 0 Å². The number of fused-ring (bicyclic) bond motifs is 1. The number of aromatic nitrogens is 1. The first-order valence-corrected chi connectivity index (χ1v) is 8.93. The van der Waals surface area contributed by atoms with Crippen molar-refractivity contribution in [3.63, 3.8) is 0 Å². The van der Waals surface area contributed by atoms with E-state index < -0.39 is 0 Å². The molecule has 0 saturated carbocycles. The van der Waals surface area contributed by atoms with Gasteiger partial charge in [0, 0.05) is 14.6 Å². The second-order valence-corrected chi connectivity index (χ2v) is 8.79. The maximum atomic E-state index is 6.44. The SMILES string of the molecule is CC(C)(C)c1ccc(C(N)c2nc3c(s2)CCCC3)s1. The Morgan fingerprint density at radius 1 is 1.15 bits per heavy atom. The highest BCUT2D eigenvalue weighted by molar-refractivity contribution is 7.13. The molecular formula is C16H22N2S2. The minimum absolute atomic E-state index is 0.0494. The third-order valence-electron chi connectivity index (χ3n) is 3.80. The van der Waals surface area contributed by atoms with E-state index in [2.05, 4.69) is 32.9 Å². The normalized spacial score (nSPS) is 17.0. The summed E-state index contributed by atoms with van der Waals surface area (Å²) in [6, 6.07) is 4.34. The van der Waals surface area contributed by atoms with Gasteiger partial charge in [-0.05, 0) is 43.2 Å². The van der Waals surface area contributed by atoms with E-state index in [1.54, 1.807) is 0 Å². The molecule has 0 aliphatic heterocycles. The second kappa shape index (κ2) is 5.24. The molecule has 1 aliphatic rings. The van der Waals surface area contributed by atoms with E-state index in [4.69, 9.17) is 10.7 Å². The average Bonchev–Trinajstić information content (AvgIpc) is 3.04. The van der Waals surface area contributed by atoms with Crippen molar-refractivity contribution in [1.82, 2.24) is 4.98 Å². The molecule has 1 atom stereocenters. The molecule has 1 aliphatic carbocycles. The highest BCUT2D eigenvalue weighted by Crippen LogP contribution is 2.36. The quantitative estimate of drug-likeness (QED) is 0.891. The molecule has 0 radical (unpaired) electrons. The minimum atomic E-state index is -0.0494. The van der Waals surface area contributed by atoms with Crippen LogP contribution in [0.1, 0.15) is 65.0 Å². The van der Waals surface area contributed by atoms with Crippen LogP contribution in [0.2, 0.25) is 0 Å². The van der Waals surface area contributed by atoms with Crippen molar-refractivity contribution in [2.75, 3.05) is 0 Å². The highest BCUT2D eigenvalue weighted by atomic mass is 32.1. The molecule has 2 heterocycles. The molecule has 108 valence electrons. The van der Waals surface area contributed by atoms with Gasteiger partial charge in [0.15, 0.2) is 0 Å². The first kappa shape index (κ1) is 14.2. The fourth-order valence-corrected chi connectivity index (χ4v) is 4.87. The number of thiazole rings is 1. The molecule has 2 nitrogen and oxygen atoms in total. The first-order chi connectivity index (χ1) is 9.45. The Kier molecular flexibility index (Phi) is 3.73. The Morgan fingerprint density at radius 2 is 1.90 bits per heavy atom. The van der Waals surface area contributed by atoms with Gasteiger partial charge in [-0.25, -0.2) is 4.98 Å². The van der Waals surface area contributed by atoms with Gasteiger partial charge in [0.25, 0.3) is 0 Å². The summed E-state index contributed by atoms with van der Waals surface area (Å²) in [6.07, 6.45) is 4.91. The zero-order valence-corrected chi connectivity index (χ0v) is 14.0. The summed E-state index contributed by atoms with van der Waals surface area (Å²) in [7, 11) is 0. The lowest BCUT2D eigenvalue weighted by Gasteiger charge is -2.15. The van der Waals surface area contributed by atoms with Crippen LogP contribution in [0.4, 0.5) is 0 Å². The van der Waals surface area contributed by atoms with Gasteiger partial charge in [-0.1, -0.05) is 20.8 Å². The van der Waals surface area contributed by atoms with Crippen LogP contribution < -0.4 is 5.73 Å². The van der Waals surface area contributed by atoms with Crippen LogP contribution in [0, 0.1) is 0 Å². The van der Waals surface area contributed by atoms with Gasteiger partial charge in [-0.15, -0.1) is 22.7 Å². The van der Waals surface area contributed by atoms with Crippen LogP contribution in [0.3, 0.4) is 0 Å². The van der Waals surface area contributed by atoms with Gasteiger partial charge < -0.3 is 5.73 Å². The summed E-state index contributed by atoms with van der Waals surface area (Å²) in [5.41, 5.74) is 7.95. The van der Waals surface area contributed by atoms with Crippen LogP contribution in [0.15, 0.2) is 12.1 Å². The Morgan fingerprint density at radius 3 is 2.55 bits per heavy atom. The van der Waals surface area contributed by atoms with Crippen molar-refractivity contribution in [2.24, 2.45) is 5.73 Å². The summed E-state index contributed by atoms with van der Waals surface area (Å²) in [6.45, 7) is 6.74. The Hall–Kier alpha value is -0.710. The largest absolute Gasteiger partial charge is 0.318 e. The smallest absolute Gasteiger partial charge is 0.115 e. The maximum absolute atomic E-state index is 6.44. The number of thiophene rings is 1. The molecule has 0 amide bonds. The Labute approximate surface area is 129 Å². The predicted octanol–water partition coefficient (Wildman–Crippen LogP) is 4.43. The summed E-state index contributed by atoms with van der Waals surface area (Å²) >= 11 is 3.66. The molecule has 4 heteroatoms. The van der Waals surface area contributed by atoms with Crippen molar-refractivity contribution in [2.45, 2.75) is 57.9 Å². The van der Waals surface area contributed by atoms with Crippen molar-refractivity contribution in [3.8, 4) is 0 Å². The van der Waals surface area contributed by atoms with Gasteiger partial charge in [-0.2, -0.15) is 0 Å². The monoisotopic (exact) mass is 306 g/mol. The lowest BCUT2D eigenvalue weighted by Crippen LogP contribution is -2.10. The molecule has 2 aromatic heterocycles. The molecule has 0 fully saturated rings.